The highest BCUT2D eigenvalue weighted by Gasteiger charge is 2.40. The summed E-state index contributed by atoms with van der Waals surface area (Å²) < 4.78 is 5.20. The number of hydrogen-bond donors (Lipinski definition) is 3. The van der Waals surface area contributed by atoms with Gasteiger partial charge in [0.25, 0.3) is 5.91 Å². The Morgan fingerprint density at radius 1 is 1.23 bits per heavy atom. The first-order valence-electron chi connectivity index (χ1n) is 12.3. The van der Waals surface area contributed by atoms with Crippen LogP contribution in [0.15, 0.2) is 48.5 Å². The number of benzene rings is 2. The van der Waals surface area contributed by atoms with Crippen molar-refractivity contribution in [1.29, 1.82) is 5.41 Å². The normalized spacial score (nSPS) is 19.0. The van der Waals surface area contributed by atoms with Gasteiger partial charge < -0.3 is 15.4 Å². The third-order valence-corrected chi connectivity index (χ3v) is 6.86. The summed E-state index contributed by atoms with van der Waals surface area (Å²) in [4.78, 5) is 27.6. The molecule has 1 fully saturated rings. The quantitative estimate of drug-likeness (QED) is 0.436. The second kappa shape index (κ2) is 11.5. The molecule has 0 unspecified atom stereocenters. The van der Waals surface area contributed by atoms with Gasteiger partial charge in [-0.05, 0) is 61.4 Å². The fourth-order valence-corrected chi connectivity index (χ4v) is 4.38. The van der Waals surface area contributed by atoms with Crippen LogP contribution in [0.25, 0.3) is 0 Å². The zero-order valence-corrected chi connectivity index (χ0v) is 21.5. The number of amides is 2. The number of nitrogens with one attached hydrogen (secondary N) is 3. The summed E-state index contributed by atoms with van der Waals surface area (Å²) in [6.45, 7) is 8.89. The first-order chi connectivity index (χ1) is 16.6. The third-order valence-electron chi connectivity index (χ3n) is 6.86. The molecule has 0 saturated carbocycles. The lowest BCUT2D eigenvalue weighted by atomic mass is 9.83. The molecular formula is C28H38N4O3. The van der Waals surface area contributed by atoms with Gasteiger partial charge in [0.1, 0.15) is 0 Å². The molecule has 3 rings (SSSR count). The molecule has 2 atom stereocenters. The summed E-state index contributed by atoms with van der Waals surface area (Å²) in [5.41, 5.74) is 2.91. The van der Waals surface area contributed by atoms with E-state index in [0.717, 1.165) is 29.5 Å². The van der Waals surface area contributed by atoms with Crippen molar-refractivity contribution in [3.63, 3.8) is 0 Å². The van der Waals surface area contributed by atoms with Crippen LogP contribution in [0.2, 0.25) is 0 Å². The van der Waals surface area contributed by atoms with Crippen LogP contribution >= 0.6 is 0 Å². The van der Waals surface area contributed by atoms with E-state index in [1.807, 2.05) is 76.2 Å². The van der Waals surface area contributed by atoms with Crippen LogP contribution in [0.3, 0.4) is 0 Å². The average molecular weight is 479 g/mol. The van der Waals surface area contributed by atoms with Crippen molar-refractivity contribution < 1.29 is 14.3 Å². The number of rotatable bonds is 10. The number of ether oxygens (including phenoxy) is 1. The standard InChI is InChI=1S/C28H38N4O3/c1-19(2)28(4)17-25(33)32(27(29)31-28)18-21-14-20(3)15-23(16-21)26(34)30-24(12-9-13-35-5)22-10-7-6-8-11-22/h6-8,10-11,14-16,19,24H,9,12-13,17-18H2,1-5H3,(H2,29,31)(H,30,34)/t24-,28-/m0/s1. The van der Waals surface area contributed by atoms with Crippen molar-refractivity contribution in [2.24, 2.45) is 5.92 Å². The molecule has 1 aliphatic rings. The van der Waals surface area contributed by atoms with Gasteiger partial charge in [0.05, 0.1) is 19.0 Å². The molecule has 188 valence electrons. The van der Waals surface area contributed by atoms with Crippen LogP contribution in [0.5, 0.6) is 0 Å². The molecule has 0 aliphatic carbocycles. The van der Waals surface area contributed by atoms with Crippen LogP contribution in [0.1, 0.15) is 73.1 Å². The van der Waals surface area contributed by atoms with Gasteiger partial charge in [-0.15, -0.1) is 0 Å². The van der Waals surface area contributed by atoms with Crippen LogP contribution in [0, 0.1) is 18.3 Å². The van der Waals surface area contributed by atoms with E-state index in [1.165, 1.54) is 4.90 Å². The lowest BCUT2D eigenvalue weighted by Gasteiger charge is -2.43. The largest absolute Gasteiger partial charge is 0.385 e. The first-order valence-corrected chi connectivity index (χ1v) is 12.3. The molecule has 0 spiro atoms. The molecule has 0 radical (unpaired) electrons. The summed E-state index contributed by atoms with van der Waals surface area (Å²) in [6.07, 6.45) is 1.92. The maximum atomic E-state index is 13.3. The van der Waals surface area contributed by atoms with E-state index in [0.29, 0.717) is 18.6 Å². The lowest BCUT2D eigenvalue weighted by Crippen LogP contribution is -2.62. The van der Waals surface area contributed by atoms with Crippen molar-refractivity contribution in [3.05, 3.63) is 70.8 Å². The highest BCUT2D eigenvalue weighted by atomic mass is 16.5. The second-order valence-electron chi connectivity index (χ2n) is 9.98. The summed E-state index contributed by atoms with van der Waals surface area (Å²) in [7, 11) is 1.68. The molecule has 2 amide bonds. The minimum Gasteiger partial charge on any atom is -0.385 e. The number of hydrogen-bond acceptors (Lipinski definition) is 4. The number of carbonyl (C=O) groups excluding carboxylic acids is 2. The zero-order chi connectivity index (χ0) is 25.6. The zero-order valence-electron chi connectivity index (χ0n) is 21.5. The number of carbonyl (C=O) groups is 2. The number of nitrogens with zero attached hydrogens (tertiary/aromatic N) is 1. The predicted molar refractivity (Wildman–Crippen MR) is 138 cm³/mol. The molecule has 0 bridgehead atoms. The van der Waals surface area contributed by atoms with Gasteiger partial charge in [0, 0.05) is 24.8 Å². The molecule has 0 aromatic heterocycles. The molecule has 7 nitrogen and oxygen atoms in total. The fourth-order valence-electron chi connectivity index (χ4n) is 4.38. The van der Waals surface area contributed by atoms with E-state index in [-0.39, 0.29) is 36.3 Å². The Morgan fingerprint density at radius 3 is 2.57 bits per heavy atom. The van der Waals surface area contributed by atoms with Gasteiger partial charge in [-0.1, -0.05) is 50.2 Å². The summed E-state index contributed by atoms with van der Waals surface area (Å²) >= 11 is 0. The fraction of sp³-hybridized carbons (Fsp3) is 0.464. The Kier molecular flexibility index (Phi) is 8.67. The molecule has 2 aromatic carbocycles. The molecule has 35 heavy (non-hydrogen) atoms. The molecular weight excluding hydrogens is 440 g/mol. The van der Waals surface area contributed by atoms with E-state index in [2.05, 4.69) is 10.6 Å². The molecule has 3 N–H and O–H groups in total. The van der Waals surface area contributed by atoms with E-state index in [4.69, 9.17) is 10.1 Å². The topological polar surface area (TPSA) is 94.5 Å². The van der Waals surface area contributed by atoms with Gasteiger partial charge in [0.2, 0.25) is 5.91 Å². The van der Waals surface area contributed by atoms with Crippen molar-refractivity contribution in [3.8, 4) is 0 Å². The van der Waals surface area contributed by atoms with E-state index in [9.17, 15) is 9.59 Å². The summed E-state index contributed by atoms with van der Waals surface area (Å²) in [5.74, 6) is 0.0726. The van der Waals surface area contributed by atoms with Gasteiger partial charge in [-0.25, -0.2) is 0 Å². The van der Waals surface area contributed by atoms with Crippen LogP contribution in [0.4, 0.5) is 0 Å². The summed E-state index contributed by atoms with van der Waals surface area (Å²) in [6, 6.07) is 15.4. The third kappa shape index (κ3) is 6.69. The molecule has 1 saturated heterocycles. The lowest BCUT2D eigenvalue weighted by molar-refractivity contribution is -0.131. The predicted octanol–water partition coefficient (Wildman–Crippen LogP) is 4.56. The van der Waals surface area contributed by atoms with Gasteiger partial charge in [0.15, 0.2) is 5.96 Å². The van der Waals surface area contributed by atoms with Crippen LogP contribution in [-0.2, 0) is 16.1 Å². The first kappa shape index (κ1) is 26.4. The second-order valence-corrected chi connectivity index (χ2v) is 9.98. The Balaban J connectivity index is 1.76. The van der Waals surface area contributed by atoms with E-state index < -0.39 is 5.54 Å². The summed E-state index contributed by atoms with van der Waals surface area (Å²) in [5, 5.41) is 14.8. The minimum atomic E-state index is -0.433. The maximum Gasteiger partial charge on any atom is 0.251 e. The van der Waals surface area contributed by atoms with Gasteiger partial charge in [-0.2, -0.15) is 0 Å². The van der Waals surface area contributed by atoms with E-state index in [1.54, 1.807) is 7.11 Å². The van der Waals surface area contributed by atoms with Crippen molar-refractivity contribution >= 4 is 17.8 Å². The highest BCUT2D eigenvalue weighted by molar-refractivity contribution is 5.99. The van der Waals surface area contributed by atoms with Gasteiger partial charge >= 0.3 is 0 Å². The number of aryl methyl sites for hydroxylation is 1. The maximum absolute atomic E-state index is 13.3. The van der Waals surface area contributed by atoms with Gasteiger partial charge in [-0.3, -0.25) is 19.9 Å². The molecule has 7 heteroatoms. The average Bonchev–Trinajstić information content (AvgIpc) is 2.81. The number of methoxy groups -OCH3 is 1. The minimum absolute atomic E-state index is 0.0836. The molecule has 2 aromatic rings. The Morgan fingerprint density at radius 2 is 1.94 bits per heavy atom. The molecule has 1 aliphatic heterocycles. The van der Waals surface area contributed by atoms with Crippen LogP contribution in [-0.4, -0.2) is 41.9 Å². The Labute approximate surface area is 208 Å². The molecule has 1 heterocycles. The van der Waals surface area contributed by atoms with Crippen LogP contribution < -0.4 is 10.6 Å². The number of guanidine groups is 1. The Bertz CT molecular complexity index is 1030. The SMILES string of the molecule is COCCC[C@H](NC(=O)c1cc(C)cc(CN2C(=N)N[C@](C)(C(C)C)CC2=O)c1)c1ccccc1. The van der Waals surface area contributed by atoms with Crippen molar-refractivity contribution in [1.82, 2.24) is 15.5 Å². The smallest absolute Gasteiger partial charge is 0.251 e. The van der Waals surface area contributed by atoms with Crippen molar-refractivity contribution in [2.75, 3.05) is 13.7 Å². The van der Waals surface area contributed by atoms with Crippen molar-refractivity contribution in [2.45, 2.75) is 65.1 Å². The van der Waals surface area contributed by atoms with E-state index >= 15 is 0 Å². The Hall–Kier alpha value is -3.19. The highest BCUT2D eigenvalue weighted by Crippen LogP contribution is 2.27. The monoisotopic (exact) mass is 478 g/mol.